The van der Waals surface area contributed by atoms with Gasteiger partial charge >= 0.3 is 0 Å². The molecule has 1 fully saturated rings. The van der Waals surface area contributed by atoms with Crippen LogP contribution in [0.3, 0.4) is 0 Å². The normalized spacial score (nSPS) is 16.5. The first-order valence-corrected chi connectivity index (χ1v) is 11.4. The number of aryl methyl sites for hydroxylation is 1. The summed E-state index contributed by atoms with van der Waals surface area (Å²) in [6, 6.07) is 8.70. The second-order valence-corrected chi connectivity index (χ2v) is 9.87. The molecule has 1 aliphatic carbocycles. The summed E-state index contributed by atoms with van der Waals surface area (Å²) in [4.78, 5) is 18.5. The van der Waals surface area contributed by atoms with E-state index in [4.69, 9.17) is 0 Å². The summed E-state index contributed by atoms with van der Waals surface area (Å²) in [7, 11) is 0. The van der Waals surface area contributed by atoms with Gasteiger partial charge in [-0.1, -0.05) is 31.4 Å². The van der Waals surface area contributed by atoms with Crippen molar-refractivity contribution in [1.29, 1.82) is 0 Å². The Hall–Kier alpha value is -2.54. The summed E-state index contributed by atoms with van der Waals surface area (Å²) in [5.74, 6) is 0.884. The van der Waals surface area contributed by atoms with Gasteiger partial charge in [0.05, 0.1) is 11.6 Å². The minimum absolute atomic E-state index is 0.00961. The molecule has 31 heavy (non-hydrogen) atoms. The van der Waals surface area contributed by atoms with Crippen LogP contribution in [0, 0.1) is 6.92 Å². The number of aromatic nitrogens is 5. The summed E-state index contributed by atoms with van der Waals surface area (Å²) in [6.45, 7) is 11.2. The Bertz CT molecular complexity index is 1100. The molecule has 0 bridgehead atoms. The monoisotopic (exact) mass is 422 g/mol. The topological polar surface area (TPSA) is 79.7 Å². The van der Waals surface area contributed by atoms with E-state index < -0.39 is 0 Å². The number of hydrogen-bond donors (Lipinski definition) is 1. The van der Waals surface area contributed by atoms with Crippen molar-refractivity contribution in [3.8, 4) is 0 Å². The Labute approximate surface area is 183 Å². The van der Waals surface area contributed by atoms with Gasteiger partial charge in [-0.2, -0.15) is 0 Å². The molecule has 1 unspecified atom stereocenters. The van der Waals surface area contributed by atoms with Crippen LogP contribution < -0.4 is 5.56 Å². The summed E-state index contributed by atoms with van der Waals surface area (Å²) in [5.41, 5.74) is 2.67. The number of H-pyrrole nitrogens is 1. The van der Waals surface area contributed by atoms with Gasteiger partial charge in [0, 0.05) is 23.7 Å². The fraction of sp³-hybridized carbons (Fsp3) is 0.583. The van der Waals surface area contributed by atoms with E-state index in [2.05, 4.69) is 72.2 Å². The smallest absolute Gasteiger partial charge is 0.252 e. The van der Waals surface area contributed by atoms with E-state index in [9.17, 15) is 4.79 Å². The minimum atomic E-state index is -0.203. The molecule has 1 saturated carbocycles. The third-order valence-corrected chi connectivity index (χ3v) is 6.44. The molecule has 3 aromatic rings. The van der Waals surface area contributed by atoms with Gasteiger partial charge in [0.15, 0.2) is 5.82 Å². The SMILES string of the molecule is CCC(c1nnnn1C(C)(C)C)N(Cc1cc2cc(C)ccc2[nH]c1=O)C1CCCC1. The number of fused-ring (bicyclic) bond motifs is 1. The van der Waals surface area contributed by atoms with Gasteiger partial charge in [-0.05, 0) is 81.0 Å². The van der Waals surface area contributed by atoms with E-state index in [1.165, 1.54) is 18.4 Å². The van der Waals surface area contributed by atoms with Gasteiger partial charge in [-0.3, -0.25) is 9.69 Å². The fourth-order valence-electron chi connectivity index (χ4n) is 4.86. The second-order valence-electron chi connectivity index (χ2n) is 9.87. The molecule has 1 N–H and O–H groups in total. The Morgan fingerprint density at radius 3 is 2.65 bits per heavy atom. The molecule has 0 saturated heterocycles. The Morgan fingerprint density at radius 2 is 1.97 bits per heavy atom. The van der Waals surface area contributed by atoms with Crippen molar-refractivity contribution in [1.82, 2.24) is 30.1 Å². The molecule has 166 valence electrons. The van der Waals surface area contributed by atoms with Crippen molar-refractivity contribution in [3.63, 3.8) is 0 Å². The average molecular weight is 423 g/mol. The molecule has 0 aliphatic heterocycles. The molecule has 0 radical (unpaired) electrons. The molecule has 2 heterocycles. The first-order valence-electron chi connectivity index (χ1n) is 11.4. The molecule has 1 atom stereocenters. The lowest BCUT2D eigenvalue weighted by Gasteiger charge is -2.36. The van der Waals surface area contributed by atoms with E-state index in [-0.39, 0.29) is 17.1 Å². The average Bonchev–Trinajstić information content (AvgIpc) is 3.40. The van der Waals surface area contributed by atoms with Crippen molar-refractivity contribution < 1.29 is 0 Å². The van der Waals surface area contributed by atoms with Crippen LogP contribution in [0.4, 0.5) is 0 Å². The number of nitrogens with zero attached hydrogens (tertiary/aromatic N) is 5. The van der Waals surface area contributed by atoms with Gasteiger partial charge in [-0.15, -0.1) is 5.10 Å². The molecular formula is C24H34N6O. The van der Waals surface area contributed by atoms with Crippen LogP contribution in [0.15, 0.2) is 29.1 Å². The molecule has 1 aliphatic rings. The Kier molecular flexibility index (Phi) is 5.97. The highest BCUT2D eigenvalue weighted by Gasteiger charge is 2.34. The number of hydrogen-bond acceptors (Lipinski definition) is 5. The summed E-state index contributed by atoms with van der Waals surface area (Å²) < 4.78 is 1.94. The molecular weight excluding hydrogens is 388 g/mol. The van der Waals surface area contributed by atoms with Crippen molar-refractivity contribution >= 4 is 10.9 Å². The lowest BCUT2D eigenvalue weighted by molar-refractivity contribution is 0.108. The largest absolute Gasteiger partial charge is 0.322 e. The van der Waals surface area contributed by atoms with Crippen LogP contribution in [-0.2, 0) is 12.1 Å². The highest BCUT2D eigenvalue weighted by atomic mass is 16.1. The van der Waals surface area contributed by atoms with E-state index in [0.717, 1.165) is 41.6 Å². The minimum Gasteiger partial charge on any atom is -0.322 e. The lowest BCUT2D eigenvalue weighted by atomic mass is 10.0. The zero-order chi connectivity index (χ0) is 22.2. The summed E-state index contributed by atoms with van der Waals surface area (Å²) in [5, 5.41) is 13.8. The predicted molar refractivity (Wildman–Crippen MR) is 123 cm³/mol. The lowest BCUT2D eigenvalue weighted by Crippen LogP contribution is -2.40. The van der Waals surface area contributed by atoms with Crippen LogP contribution >= 0.6 is 0 Å². The molecule has 7 nitrogen and oxygen atoms in total. The van der Waals surface area contributed by atoms with E-state index in [0.29, 0.717) is 12.6 Å². The predicted octanol–water partition coefficient (Wildman–Crippen LogP) is 4.47. The molecule has 2 aromatic heterocycles. The van der Waals surface area contributed by atoms with Crippen LogP contribution in [0.2, 0.25) is 0 Å². The number of nitrogens with one attached hydrogen (secondary N) is 1. The number of rotatable bonds is 6. The van der Waals surface area contributed by atoms with Crippen molar-refractivity contribution in [2.75, 3.05) is 0 Å². The number of aromatic amines is 1. The first kappa shape index (κ1) is 21.7. The molecule has 7 heteroatoms. The highest BCUT2D eigenvalue weighted by molar-refractivity contribution is 5.79. The third-order valence-electron chi connectivity index (χ3n) is 6.44. The van der Waals surface area contributed by atoms with Crippen LogP contribution in [-0.4, -0.2) is 36.1 Å². The second kappa shape index (κ2) is 8.54. The van der Waals surface area contributed by atoms with Gasteiger partial charge in [0.2, 0.25) is 0 Å². The fourth-order valence-corrected chi connectivity index (χ4v) is 4.86. The first-order chi connectivity index (χ1) is 14.8. The Balaban J connectivity index is 1.75. The quantitative estimate of drug-likeness (QED) is 0.634. The van der Waals surface area contributed by atoms with Crippen molar-refractivity contribution in [2.45, 2.75) is 90.9 Å². The van der Waals surface area contributed by atoms with Crippen LogP contribution in [0.25, 0.3) is 10.9 Å². The van der Waals surface area contributed by atoms with Crippen LogP contribution in [0.1, 0.15) is 82.8 Å². The number of pyridine rings is 1. The Morgan fingerprint density at radius 1 is 1.23 bits per heavy atom. The van der Waals surface area contributed by atoms with E-state index in [1.807, 2.05) is 16.8 Å². The van der Waals surface area contributed by atoms with Gasteiger partial charge < -0.3 is 4.98 Å². The van der Waals surface area contributed by atoms with Gasteiger partial charge in [-0.25, -0.2) is 4.68 Å². The zero-order valence-electron chi connectivity index (χ0n) is 19.4. The maximum Gasteiger partial charge on any atom is 0.252 e. The maximum atomic E-state index is 13.0. The number of benzene rings is 1. The summed E-state index contributed by atoms with van der Waals surface area (Å²) >= 11 is 0. The molecule has 4 rings (SSSR count). The molecule has 1 aromatic carbocycles. The third kappa shape index (κ3) is 4.42. The maximum absolute atomic E-state index is 13.0. The van der Waals surface area contributed by atoms with Crippen molar-refractivity contribution in [3.05, 3.63) is 51.6 Å². The van der Waals surface area contributed by atoms with Gasteiger partial charge in [0.25, 0.3) is 5.56 Å². The highest BCUT2D eigenvalue weighted by Crippen LogP contribution is 2.34. The van der Waals surface area contributed by atoms with Gasteiger partial charge in [0.1, 0.15) is 0 Å². The van der Waals surface area contributed by atoms with E-state index in [1.54, 1.807) is 0 Å². The standard InChI is InChI=1S/C24H34N6O/c1-6-21(22-26-27-28-30(22)24(3,4)5)29(19-9-7-8-10-19)15-18-14-17-13-16(2)11-12-20(17)25-23(18)31/h11-14,19,21H,6-10,15H2,1-5H3,(H,25,31). The number of tetrazole rings is 1. The van der Waals surface area contributed by atoms with Crippen LogP contribution in [0.5, 0.6) is 0 Å². The molecule has 0 amide bonds. The van der Waals surface area contributed by atoms with Crippen molar-refractivity contribution in [2.24, 2.45) is 0 Å². The van der Waals surface area contributed by atoms with E-state index >= 15 is 0 Å². The molecule has 0 spiro atoms. The summed E-state index contributed by atoms with van der Waals surface area (Å²) in [6.07, 6.45) is 5.65. The zero-order valence-corrected chi connectivity index (χ0v) is 19.4.